The van der Waals surface area contributed by atoms with E-state index in [1.165, 1.54) is 0 Å². The van der Waals surface area contributed by atoms with Gasteiger partial charge in [-0.2, -0.15) is 4.37 Å². The lowest BCUT2D eigenvalue weighted by Gasteiger charge is -2.04. The summed E-state index contributed by atoms with van der Waals surface area (Å²) in [5.41, 5.74) is 1.93. The Bertz CT molecular complexity index is 650. The number of aliphatic imine (C=N–C) groups is 1. The van der Waals surface area contributed by atoms with Gasteiger partial charge in [-0.1, -0.05) is 23.7 Å². The largest absolute Gasteiger partial charge is 0.369 e. The number of hydrogen-bond donors (Lipinski definition) is 0. The van der Waals surface area contributed by atoms with E-state index in [4.69, 9.17) is 23.2 Å². The van der Waals surface area contributed by atoms with Crippen LogP contribution in [-0.4, -0.2) is 34.9 Å². The topological polar surface area (TPSA) is 45.6 Å². The second-order valence-electron chi connectivity index (χ2n) is 4.20. The molecular formula is C13H11Cl2N3OS. The van der Waals surface area contributed by atoms with Gasteiger partial charge >= 0.3 is 0 Å². The van der Waals surface area contributed by atoms with Crippen molar-refractivity contribution in [1.29, 1.82) is 0 Å². The molecule has 0 radical (unpaired) electrons. The molecule has 0 atom stereocenters. The van der Waals surface area contributed by atoms with Crippen LogP contribution >= 0.6 is 34.7 Å². The molecule has 7 heteroatoms. The average molecular weight is 328 g/mol. The monoisotopic (exact) mass is 327 g/mol. The normalized spacial score (nSPS) is 11.0. The van der Waals surface area contributed by atoms with Gasteiger partial charge in [-0.15, -0.1) is 0 Å². The maximum absolute atomic E-state index is 11.4. The summed E-state index contributed by atoms with van der Waals surface area (Å²) in [6.45, 7) is 0. The quantitative estimate of drug-likeness (QED) is 0.483. The molecule has 0 amide bonds. The highest BCUT2D eigenvalue weighted by Crippen LogP contribution is 2.36. The molecule has 0 aliphatic heterocycles. The van der Waals surface area contributed by atoms with E-state index < -0.39 is 5.24 Å². The van der Waals surface area contributed by atoms with Crippen molar-refractivity contribution >= 4 is 52.0 Å². The van der Waals surface area contributed by atoms with Crippen molar-refractivity contribution in [3.05, 3.63) is 34.2 Å². The van der Waals surface area contributed by atoms with Gasteiger partial charge in [0.1, 0.15) is 16.3 Å². The van der Waals surface area contributed by atoms with Gasteiger partial charge in [0.25, 0.3) is 5.24 Å². The summed E-state index contributed by atoms with van der Waals surface area (Å²) in [6, 6.07) is 7.18. The highest BCUT2D eigenvalue weighted by Gasteiger charge is 2.19. The van der Waals surface area contributed by atoms with E-state index in [9.17, 15) is 4.79 Å². The Morgan fingerprint density at radius 1 is 1.35 bits per heavy atom. The predicted octanol–water partition coefficient (Wildman–Crippen LogP) is 4.06. The second kappa shape index (κ2) is 6.35. The van der Waals surface area contributed by atoms with E-state index in [2.05, 4.69) is 9.37 Å². The van der Waals surface area contributed by atoms with Gasteiger partial charge in [0, 0.05) is 24.7 Å². The van der Waals surface area contributed by atoms with Gasteiger partial charge in [-0.3, -0.25) is 4.79 Å². The first-order valence-electron chi connectivity index (χ1n) is 5.65. The molecule has 1 aromatic carbocycles. The lowest BCUT2D eigenvalue weighted by molar-refractivity contribution is 0.108. The molecular weight excluding hydrogens is 317 g/mol. The number of benzene rings is 1. The Kier molecular flexibility index (Phi) is 4.75. The summed E-state index contributed by atoms with van der Waals surface area (Å²) in [5, 5.41) is 0.0737. The van der Waals surface area contributed by atoms with E-state index in [1.54, 1.807) is 23.4 Å². The minimum absolute atomic E-state index is 0.328. The zero-order valence-corrected chi connectivity index (χ0v) is 13.1. The molecule has 0 aliphatic carbocycles. The highest BCUT2D eigenvalue weighted by molar-refractivity contribution is 7.11. The lowest BCUT2D eigenvalue weighted by Crippen LogP contribution is -2.07. The van der Waals surface area contributed by atoms with E-state index in [0.717, 1.165) is 17.1 Å². The summed E-state index contributed by atoms with van der Waals surface area (Å²) in [4.78, 5) is 17.8. The van der Waals surface area contributed by atoms with Crippen LogP contribution < -0.4 is 0 Å². The zero-order valence-electron chi connectivity index (χ0n) is 10.8. The molecule has 20 heavy (non-hydrogen) atoms. The van der Waals surface area contributed by atoms with Gasteiger partial charge < -0.3 is 4.90 Å². The van der Waals surface area contributed by atoms with Crippen LogP contribution in [0, 0.1) is 0 Å². The summed E-state index contributed by atoms with van der Waals surface area (Å²) in [6.07, 6.45) is 1.60. The van der Waals surface area contributed by atoms with Crippen LogP contribution in [0.1, 0.15) is 9.67 Å². The molecule has 2 aromatic rings. The number of nitrogens with zero attached hydrogens (tertiary/aromatic N) is 3. The standard InChI is InChI=1S/C13H11Cl2N3OS/c1-18(2)7-16-11-10(17-20-12(11)13(15)19)8-3-5-9(14)6-4-8/h3-7H,1-2H3. The molecule has 0 N–H and O–H groups in total. The fraction of sp³-hybridized carbons (Fsp3) is 0.154. The number of carbonyl (C=O) groups is 1. The third kappa shape index (κ3) is 3.36. The highest BCUT2D eigenvalue weighted by atomic mass is 35.5. The number of halogens is 2. The maximum Gasteiger partial charge on any atom is 0.266 e. The van der Waals surface area contributed by atoms with Crippen LogP contribution in [0.2, 0.25) is 5.02 Å². The van der Waals surface area contributed by atoms with Gasteiger partial charge in [0.05, 0.1) is 6.34 Å². The van der Waals surface area contributed by atoms with Crippen molar-refractivity contribution in [3.63, 3.8) is 0 Å². The molecule has 0 spiro atoms. The average Bonchev–Trinajstić information content (AvgIpc) is 2.81. The third-order valence-electron chi connectivity index (χ3n) is 2.38. The van der Waals surface area contributed by atoms with Gasteiger partial charge in [0.15, 0.2) is 0 Å². The summed E-state index contributed by atoms with van der Waals surface area (Å²) >= 11 is 12.5. The van der Waals surface area contributed by atoms with Crippen LogP contribution in [0.5, 0.6) is 0 Å². The van der Waals surface area contributed by atoms with E-state index >= 15 is 0 Å². The molecule has 0 aliphatic rings. The maximum atomic E-state index is 11.4. The zero-order chi connectivity index (χ0) is 14.7. The number of aromatic nitrogens is 1. The molecule has 0 unspecified atom stereocenters. The number of rotatable bonds is 4. The van der Waals surface area contributed by atoms with Crippen molar-refractivity contribution in [2.24, 2.45) is 4.99 Å². The first-order chi connectivity index (χ1) is 9.49. The Labute approximate surface area is 130 Å². The van der Waals surface area contributed by atoms with Crippen molar-refractivity contribution in [1.82, 2.24) is 9.27 Å². The molecule has 0 bridgehead atoms. The van der Waals surface area contributed by atoms with Gasteiger partial charge in [-0.25, -0.2) is 4.99 Å². The summed E-state index contributed by atoms with van der Waals surface area (Å²) in [7, 11) is 3.68. The van der Waals surface area contributed by atoms with E-state index in [1.807, 2.05) is 26.2 Å². The summed E-state index contributed by atoms with van der Waals surface area (Å²) < 4.78 is 4.28. The van der Waals surface area contributed by atoms with Crippen molar-refractivity contribution in [2.75, 3.05) is 14.1 Å². The van der Waals surface area contributed by atoms with Crippen molar-refractivity contribution < 1.29 is 4.79 Å². The SMILES string of the molecule is CN(C)C=Nc1c(-c2ccc(Cl)cc2)nsc1C(=O)Cl. The van der Waals surface area contributed by atoms with E-state index in [-0.39, 0.29) is 0 Å². The second-order valence-corrected chi connectivity index (χ2v) is 5.75. The lowest BCUT2D eigenvalue weighted by atomic mass is 10.1. The van der Waals surface area contributed by atoms with Crippen LogP contribution in [0.15, 0.2) is 29.3 Å². The van der Waals surface area contributed by atoms with E-state index in [0.29, 0.717) is 21.3 Å². The molecule has 0 saturated carbocycles. The van der Waals surface area contributed by atoms with Gasteiger partial charge in [0.2, 0.25) is 0 Å². The molecule has 0 fully saturated rings. The molecule has 1 heterocycles. The Hall–Kier alpha value is -1.43. The minimum Gasteiger partial charge on any atom is -0.369 e. The first-order valence-corrected chi connectivity index (χ1v) is 7.18. The fourth-order valence-corrected chi connectivity index (χ4v) is 2.51. The van der Waals surface area contributed by atoms with Crippen molar-refractivity contribution in [3.8, 4) is 11.3 Å². The fourth-order valence-electron chi connectivity index (χ4n) is 1.50. The number of hydrogen-bond acceptors (Lipinski definition) is 4. The predicted molar refractivity (Wildman–Crippen MR) is 84.6 cm³/mol. The van der Waals surface area contributed by atoms with Crippen LogP contribution in [0.3, 0.4) is 0 Å². The molecule has 4 nitrogen and oxygen atoms in total. The third-order valence-corrected chi connectivity index (χ3v) is 3.77. The Morgan fingerprint density at radius 3 is 2.55 bits per heavy atom. The smallest absolute Gasteiger partial charge is 0.266 e. The van der Waals surface area contributed by atoms with Crippen molar-refractivity contribution in [2.45, 2.75) is 0 Å². The van der Waals surface area contributed by atoms with Crippen LogP contribution in [0.25, 0.3) is 11.3 Å². The first kappa shape index (κ1) is 15.0. The minimum atomic E-state index is -0.561. The molecule has 1 aromatic heterocycles. The molecule has 104 valence electrons. The Morgan fingerprint density at radius 2 is 2.00 bits per heavy atom. The van der Waals surface area contributed by atoms with Crippen LogP contribution in [0.4, 0.5) is 5.69 Å². The molecule has 2 rings (SSSR count). The van der Waals surface area contributed by atoms with Crippen LogP contribution in [-0.2, 0) is 0 Å². The number of carbonyl (C=O) groups excluding carboxylic acids is 1. The Balaban J connectivity index is 2.53. The van der Waals surface area contributed by atoms with Gasteiger partial charge in [-0.05, 0) is 35.3 Å². The molecule has 0 saturated heterocycles. The summed E-state index contributed by atoms with van der Waals surface area (Å²) in [5.74, 6) is 0.